The second-order valence-electron chi connectivity index (χ2n) is 4.02. The molecule has 1 aromatic heterocycles. The summed E-state index contributed by atoms with van der Waals surface area (Å²) in [5.41, 5.74) is 0. The van der Waals surface area contributed by atoms with Gasteiger partial charge in [-0.15, -0.1) is 22.9 Å². The van der Waals surface area contributed by atoms with Crippen molar-refractivity contribution in [3.8, 4) is 0 Å². The SMILES string of the molecule is Cc1ncc(S(=O)(=O)NC2CS(=O)(=O)CC2Cl)s1. The average molecular weight is 331 g/mol. The first kappa shape index (κ1) is 14.2. The molecule has 1 aliphatic heterocycles. The molecular formula is C8H11ClN2O4S3. The Hall–Kier alpha value is -0.220. The van der Waals surface area contributed by atoms with Crippen molar-refractivity contribution in [1.29, 1.82) is 0 Å². The fourth-order valence-electron chi connectivity index (χ4n) is 1.64. The average Bonchev–Trinajstić information content (AvgIpc) is 2.71. The molecule has 1 aliphatic rings. The molecule has 0 bridgehead atoms. The van der Waals surface area contributed by atoms with E-state index in [4.69, 9.17) is 11.6 Å². The van der Waals surface area contributed by atoms with Gasteiger partial charge in [-0.05, 0) is 6.92 Å². The van der Waals surface area contributed by atoms with E-state index in [1.165, 1.54) is 6.20 Å². The number of alkyl halides is 1. The van der Waals surface area contributed by atoms with E-state index in [1.807, 2.05) is 0 Å². The third-order valence-corrected chi connectivity index (χ3v) is 7.69. The summed E-state index contributed by atoms with van der Waals surface area (Å²) < 4.78 is 49.0. The highest BCUT2D eigenvalue weighted by Gasteiger charge is 2.39. The van der Waals surface area contributed by atoms with Crippen LogP contribution in [-0.2, 0) is 19.9 Å². The van der Waals surface area contributed by atoms with Crippen LogP contribution < -0.4 is 4.72 Å². The Balaban J connectivity index is 2.20. The first-order valence-electron chi connectivity index (χ1n) is 4.99. The number of hydrogen-bond acceptors (Lipinski definition) is 6. The van der Waals surface area contributed by atoms with Crippen molar-refractivity contribution in [2.24, 2.45) is 0 Å². The summed E-state index contributed by atoms with van der Waals surface area (Å²) in [6, 6.07) is -0.788. The van der Waals surface area contributed by atoms with E-state index in [0.717, 1.165) is 11.3 Å². The maximum atomic E-state index is 12.0. The minimum absolute atomic E-state index is 0.0631. The Bertz CT molecular complexity index is 652. The molecule has 0 saturated carbocycles. The van der Waals surface area contributed by atoms with Gasteiger partial charge in [-0.3, -0.25) is 0 Å². The van der Waals surface area contributed by atoms with Crippen LogP contribution in [0.25, 0.3) is 0 Å². The number of aromatic nitrogens is 1. The highest BCUT2D eigenvalue weighted by atomic mass is 35.5. The Morgan fingerprint density at radius 1 is 1.50 bits per heavy atom. The number of hydrogen-bond donors (Lipinski definition) is 1. The molecule has 1 saturated heterocycles. The number of nitrogens with one attached hydrogen (secondary N) is 1. The monoisotopic (exact) mass is 330 g/mol. The molecule has 2 rings (SSSR count). The first-order chi connectivity index (χ1) is 8.20. The summed E-state index contributed by atoms with van der Waals surface area (Å²) in [6.45, 7) is 1.69. The van der Waals surface area contributed by atoms with Gasteiger partial charge in [0.2, 0.25) is 0 Å². The van der Waals surface area contributed by atoms with Crippen molar-refractivity contribution < 1.29 is 16.8 Å². The molecule has 0 amide bonds. The molecule has 2 heterocycles. The minimum Gasteiger partial charge on any atom is -0.249 e. The summed E-state index contributed by atoms with van der Waals surface area (Å²) >= 11 is 6.87. The van der Waals surface area contributed by atoms with Gasteiger partial charge >= 0.3 is 0 Å². The molecule has 102 valence electrons. The Labute approximate surface area is 114 Å². The van der Waals surface area contributed by atoms with Gasteiger partial charge in [0.15, 0.2) is 14.0 Å². The third kappa shape index (κ3) is 3.02. The molecule has 1 fully saturated rings. The van der Waals surface area contributed by atoms with Crippen molar-refractivity contribution in [2.75, 3.05) is 11.5 Å². The Morgan fingerprint density at radius 2 is 2.17 bits per heavy atom. The maximum Gasteiger partial charge on any atom is 0.252 e. The molecule has 2 unspecified atom stereocenters. The molecular weight excluding hydrogens is 320 g/mol. The van der Waals surface area contributed by atoms with E-state index in [0.29, 0.717) is 5.01 Å². The molecule has 0 aliphatic carbocycles. The minimum atomic E-state index is -3.75. The second kappa shape index (κ2) is 4.71. The van der Waals surface area contributed by atoms with Crippen molar-refractivity contribution >= 4 is 42.8 Å². The molecule has 6 nitrogen and oxygen atoms in total. The van der Waals surface area contributed by atoms with E-state index >= 15 is 0 Å². The largest absolute Gasteiger partial charge is 0.252 e. The lowest BCUT2D eigenvalue weighted by Crippen LogP contribution is -2.40. The fraction of sp³-hybridized carbons (Fsp3) is 0.625. The van der Waals surface area contributed by atoms with Gasteiger partial charge in [-0.2, -0.15) is 0 Å². The molecule has 0 radical (unpaired) electrons. The summed E-state index contributed by atoms with van der Waals surface area (Å²) in [5, 5.41) is -0.115. The van der Waals surface area contributed by atoms with Gasteiger partial charge in [0.25, 0.3) is 10.0 Å². The van der Waals surface area contributed by atoms with Crippen molar-refractivity contribution in [2.45, 2.75) is 22.6 Å². The molecule has 0 spiro atoms. The van der Waals surface area contributed by atoms with E-state index < -0.39 is 31.3 Å². The van der Waals surface area contributed by atoms with Gasteiger partial charge in [0.1, 0.15) is 0 Å². The number of thiazole rings is 1. The lowest BCUT2D eigenvalue weighted by Gasteiger charge is -2.13. The molecule has 10 heteroatoms. The molecule has 2 atom stereocenters. The van der Waals surface area contributed by atoms with Gasteiger partial charge in [-0.1, -0.05) is 0 Å². The molecule has 0 aromatic carbocycles. The van der Waals surface area contributed by atoms with E-state index in [9.17, 15) is 16.8 Å². The predicted molar refractivity (Wildman–Crippen MR) is 69.3 cm³/mol. The number of aryl methyl sites for hydroxylation is 1. The van der Waals surface area contributed by atoms with Crippen LogP contribution in [0, 0.1) is 6.92 Å². The number of sulfone groups is 1. The quantitative estimate of drug-likeness (QED) is 0.795. The van der Waals surface area contributed by atoms with Gasteiger partial charge in [-0.25, -0.2) is 26.5 Å². The van der Waals surface area contributed by atoms with Crippen LogP contribution in [0.5, 0.6) is 0 Å². The van der Waals surface area contributed by atoms with E-state index in [2.05, 4.69) is 9.71 Å². The van der Waals surface area contributed by atoms with Crippen LogP contribution in [0.15, 0.2) is 10.4 Å². The van der Waals surface area contributed by atoms with Crippen molar-refractivity contribution in [3.05, 3.63) is 11.2 Å². The smallest absolute Gasteiger partial charge is 0.249 e. The predicted octanol–water partition coefficient (Wildman–Crippen LogP) is 0.134. The number of halogens is 1. The maximum absolute atomic E-state index is 12.0. The summed E-state index contributed by atoms with van der Waals surface area (Å²) in [4.78, 5) is 3.85. The van der Waals surface area contributed by atoms with Crippen LogP contribution >= 0.6 is 22.9 Å². The lowest BCUT2D eigenvalue weighted by molar-refractivity contribution is 0.565. The van der Waals surface area contributed by atoms with Crippen LogP contribution in [0.4, 0.5) is 0 Å². The number of rotatable bonds is 3. The standard InChI is InChI=1S/C8H11ClN2O4S3/c1-5-10-2-8(16-5)18(14,15)11-7-4-17(12,13)3-6(7)9/h2,6-7,11H,3-4H2,1H3. The Kier molecular flexibility index (Phi) is 3.72. The lowest BCUT2D eigenvalue weighted by atomic mass is 10.3. The summed E-state index contributed by atoms with van der Waals surface area (Å²) in [5.74, 6) is -0.471. The molecule has 1 aromatic rings. The molecule has 18 heavy (non-hydrogen) atoms. The topological polar surface area (TPSA) is 93.2 Å². The fourth-order valence-corrected chi connectivity index (χ4v) is 6.77. The zero-order valence-electron chi connectivity index (χ0n) is 9.33. The van der Waals surface area contributed by atoms with E-state index in [-0.39, 0.29) is 15.7 Å². The Morgan fingerprint density at radius 3 is 2.61 bits per heavy atom. The van der Waals surface area contributed by atoms with E-state index in [1.54, 1.807) is 6.92 Å². The molecule has 1 N–H and O–H groups in total. The summed E-state index contributed by atoms with van der Waals surface area (Å²) in [7, 11) is -7.01. The number of sulfonamides is 1. The van der Waals surface area contributed by atoms with Crippen molar-refractivity contribution in [1.82, 2.24) is 9.71 Å². The highest BCUT2D eigenvalue weighted by Crippen LogP contribution is 2.22. The van der Waals surface area contributed by atoms with Gasteiger partial charge < -0.3 is 0 Å². The summed E-state index contributed by atoms with van der Waals surface area (Å²) in [6.07, 6.45) is 1.25. The van der Waals surface area contributed by atoms with Crippen molar-refractivity contribution in [3.63, 3.8) is 0 Å². The second-order valence-corrected chi connectivity index (χ2v) is 9.91. The van der Waals surface area contributed by atoms with Crippen LogP contribution in [0.2, 0.25) is 0 Å². The van der Waals surface area contributed by atoms with Crippen LogP contribution in [0.1, 0.15) is 5.01 Å². The van der Waals surface area contributed by atoms with Crippen LogP contribution in [-0.4, -0.2) is 44.7 Å². The van der Waals surface area contributed by atoms with Gasteiger partial charge in [0, 0.05) is 0 Å². The normalized spacial score (nSPS) is 27.4. The zero-order valence-corrected chi connectivity index (χ0v) is 12.5. The highest BCUT2D eigenvalue weighted by molar-refractivity contribution is 7.92. The third-order valence-electron chi connectivity index (χ3n) is 2.45. The number of nitrogens with zero attached hydrogens (tertiary/aromatic N) is 1. The first-order valence-corrected chi connectivity index (χ1v) is 9.55. The van der Waals surface area contributed by atoms with Gasteiger partial charge in [0.05, 0.1) is 34.1 Å². The zero-order chi connectivity index (χ0) is 13.6. The van der Waals surface area contributed by atoms with Crippen LogP contribution in [0.3, 0.4) is 0 Å².